The fraction of sp³-hybridized carbons (Fsp3) is 0.833. The number of ether oxygens (including phenoxy) is 1. The third kappa shape index (κ3) is 3.43. The Morgan fingerprint density at radius 3 is 2.95 bits per heavy atom. The fourth-order valence-corrected chi connectivity index (χ4v) is 2.40. The normalized spacial score (nSPS) is 27.9. The van der Waals surface area contributed by atoms with Gasteiger partial charge in [0.05, 0.1) is 19.3 Å². The van der Waals surface area contributed by atoms with Gasteiger partial charge in [0.1, 0.15) is 6.04 Å². The van der Waals surface area contributed by atoms with E-state index in [4.69, 9.17) is 4.74 Å². The van der Waals surface area contributed by atoms with E-state index in [9.17, 15) is 9.59 Å². The van der Waals surface area contributed by atoms with Gasteiger partial charge in [-0.1, -0.05) is 0 Å². The van der Waals surface area contributed by atoms with Crippen LogP contribution in [0.15, 0.2) is 0 Å². The van der Waals surface area contributed by atoms with Crippen LogP contribution < -0.4 is 16.0 Å². The summed E-state index contributed by atoms with van der Waals surface area (Å²) in [5.41, 5.74) is 0. The number of nitrogens with one attached hydrogen (secondary N) is 3. The maximum absolute atomic E-state index is 12.5. The minimum absolute atomic E-state index is 0.0215. The summed E-state index contributed by atoms with van der Waals surface area (Å²) in [5, 5.41) is 9.12. The molecule has 2 heterocycles. The molecule has 2 aliphatic rings. The highest BCUT2D eigenvalue weighted by Gasteiger charge is 2.36. The van der Waals surface area contributed by atoms with E-state index in [1.807, 2.05) is 6.92 Å². The molecule has 0 saturated carbocycles. The quantitative estimate of drug-likeness (QED) is 0.548. The summed E-state index contributed by atoms with van der Waals surface area (Å²) in [5.74, 6) is -0.161. The second kappa shape index (κ2) is 6.83. The zero-order valence-corrected chi connectivity index (χ0v) is 11.3. The number of carbonyl (C=O) groups is 2. The van der Waals surface area contributed by atoms with Gasteiger partial charge in [0.25, 0.3) is 0 Å². The van der Waals surface area contributed by atoms with E-state index in [1.165, 1.54) is 0 Å². The van der Waals surface area contributed by atoms with Crippen LogP contribution in [0.1, 0.15) is 6.92 Å². The van der Waals surface area contributed by atoms with E-state index in [0.29, 0.717) is 26.2 Å². The lowest BCUT2D eigenvalue weighted by Crippen LogP contribution is -2.63. The number of hydrogen-bond donors (Lipinski definition) is 3. The van der Waals surface area contributed by atoms with Crippen LogP contribution >= 0.6 is 0 Å². The number of carbonyl (C=O) groups excluding carboxylic acids is 2. The van der Waals surface area contributed by atoms with Gasteiger partial charge in [-0.25, -0.2) is 0 Å². The average molecular weight is 270 g/mol. The van der Waals surface area contributed by atoms with Crippen LogP contribution in [-0.4, -0.2) is 74.7 Å². The maximum Gasteiger partial charge on any atom is 0.245 e. The fourth-order valence-electron chi connectivity index (χ4n) is 2.40. The number of morpholine rings is 1. The summed E-state index contributed by atoms with van der Waals surface area (Å²) in [6, 6.07) is -0.756. The molecule has 0 aliphatic carbocycles. The second-order valence-electron chi connectivity index (χ2n) is 4.73. The standard InChI is InChI=1S/C12H22N4O3/c1-2-14-11(17)10-8-19-6-5-16(10)12(18)9-7-13-3-4-15-9/h9-10,13,15H,2-8H2,1H3,(H,14,17). The molecule has 7 heteroatoms. The van der Waals surface area contributed by atoms with Gasteiger partial charge in [0.2, 0.25) is 11.8 Å². The van der Waals surface area contributed by atoms with E-state index in [-0.39, 0.29) is 24.5 Å². The molecule has 2 unspecified atom stereocenters. The van der Waals surface area contributed by atoms with Crippen LogP contribution in [0, 0.1) is 0 Å². The molecule has 0 aromatic heterocycles. The van der Waals surface area contributed by atoms with Crippen molar-refractivity contribution in [3.8, 4) is 0 Å². The summed E-state index contributed by atoms with van der Waals surface area (Å²) in [6.07, 6.45) is 0. The average Bonchev–Trinajstić information content (AvgIpc) is 2.47. The third-order valence-corrected chi connectivity index (χ3v) is 3.40. The van der Waals surface area contributed by atoms with Gasteiger partial charge in [0.15, 0.2) is 0 Å². The van der Waals surface area contributed by atoms with Crippen molar-refractivity contribution in [3.05, 3.63) is 0 Å². The molecular formula is C12H22N4O3. The number of rotatable bonds is 3. The number of amides is 2. The molecule has 19 heavy (non-hydrogen) atoms. The van der Waals surface area contributed by atoms with Crippen LogP contribution in [0.5, 0.6) is 0 Å². The highest BCUT2D eigenvalue weighted by Crippen LogP contribution is 2.10. The predicted molar refractivity (Wildman–Crippen MR) is 69.7 cm³/mol. The SMILES string of the molecule is CCNC(=O)C1COCCN1C(=O)C1CNCCN1. The van der Waals surface area contributed by atoms with Gasteiger partial charge in [0, 0.05) is 32.7 Å². The topological polar surface area (TPSA) is 82.7 Å². The molecular weight excluding hydrogens is 248 g/mol. The van der Waals surface area contributed by atoms with Gasteiger partial charge in [-0.05, 0) is 6.92 Å². The zero-order chi connectivity index (χ0) is 13.7. The summed E-state index contributed by atoms with van der Waals surface area (Å²) in [4.78, 5) is 26.1. The van der Waals surface area contributed by atoms with Crippen molar-refractivity contribution in [2.75, 3.05) is 45.9 Å². The Kier molecular flexibility index (Phi) is 5.12. The summed E-state index contributed by atoms with van der Waals surface area (Å²) < 4.78 is 5.33. The molecule has 108 valence electrons. The monoisotopic (exact) mass is 270 g/mol. The molecule has 2 atom stereocenters. The number of nitrogens with zero attached hydrogens (tertiary/aromatic N) is 1. The molecule has 7 nitrogen and oxygen atoms in total. The van der Waals surface area contributed by atoms with Gasteiger partial charge in [-0.2, -0.15) is 0 Å². The van der Waals surface area contributed by atoms with Crippen LogP contribution in [0.4, 0.5) is 0 Å². The zero-order valence-electron chi connectivity index (χ0n) is 11.3. The summed E-state index contributed by atoms with van der Waals surface area (Å²) in [6.45, 7) is 5.90. The molecule has 2 amide bonds. The van der Waals surface area contributed by atoms with Crippen molar-refractivity contribution in [3.63, 3.8) is 0 Å². The highest BCUT2D eigenvalue weighted by molar-refractivity contribution is 5.90. The maximum atomic E-state index is 12.5. The molecule has 0 radical (unpaired) electrons. The van der Waals surface area contributed by atoms with E-state index >= 15 is 0 Å². The largest absolute Gasteiger partial charge is 0.377 e. The van der Waals surface area contributed by atoms with Crippen LogP contribution in [0.2, 0.25) is 0 Å². The summed E-state index contributed by atoms with van der Waals surface area (Å²) >= 11 is 0. The van der Waals surface area contributed by atoms with E-state index in [0.717, 1.165) is 13.1 Å². The van der Waals surface area contributed by atoms with Crippen molar-refractivity contribution >= 4 is 11.8 Å². The van der Waals surface area contributed by atoms with Crippen molar-refractivity contribution in [2.24, 2.45) is 0 Å². The first-order valence-electron chi connectivity index (χ1n) is 6.84. The molecule has 0 bridgehead atoms. The third-order valence-electron chi connectivity index (χ3n) is 3.40. The lowest BCUT2D eigenvalue weighted by atomic mass is 10.1. The predicted octanol–water partition coefficient (Wildman–Crippen LogP) is -2.09. The first-order chi connectivity index (χ1) is 9.24. The Bertz CT molecular complexity index is 331. The van der Waals surface area contributed by atoms with Crippen molar-refractivity contribution in [1.29, 1.82) is 0 Å². The van der Waals surface area contributed by atoms with Gasteiger partial charge >= 0.3 is 0 Å². The molecule has 0 aromatic carbocycles. The van der Waals surface area contributed by atoms with Gasteiger partial charge in [-0.3, -0.25) is 9.59 Å². The van der Waals surface area contributed by atoms with Gasteiger partial charge in [-0.15, -0.1) is 0 Å². The van der Waals surface area contributed by atoms with Crippen molar-refractivity contribution in [2.45, 2.75) is 19.0 Å². The summed E-state index contributed by atoms with van der Waals surface area (Å²) in [7, 11) is 0. The van der Waals surface area contributed by atoms with Crippen molar-refractivity contribution < 1.29 is 14.3 Å². The Balaban J connectivity index is 2.01. The molecule has 2 fully saturated rings. The first kappa shape index (κ1) is 14.2. The lowest BCUT2D eigenvalue weighted by molar-refractivity contribution is -0.150. The number of hydrogen-bond acceptors (Lipinski definition) is 5. The molecule has 0 spiro atoms. The van der Waals surface area contributed by atoms with Crippen LogP contribution in [-0.2, 0) is 14.3 Å². The number of piperazine rings is 1. The lowest BCUT2D eigenvalue weighted by Gasteiger charge is -2.37. The first-order valence-corrected chi connectivity index (χ1v) is 6.84. The Morgan fingerprint density at radius 2 is 2.26 bits per heavy atom. The van der Waals surface area contributed by atoms with Gasteiger partial charge < -0.3 is 25.6 Å². The Hall–Kier alpha value is -1.18. The Labute approximate surface area is 113 Å². The van der Waals surface area contributed by atoms with Crippen molar-refractivity contribution in [1.82, 2.24) is 20.9 Å². The van der Waals surface area contributed by atoms with E-state index < -0.39 is 6.04 Å². The molecule has 2 aliphatic heterocycles. The molecule has 2 saturated heterocycles. The minimum atomic E-state index is -0.509. The smallest absolute Gasteiger partial charge is 0.245 e. The van der Waals surface area contributed by atoms with E-state index in [2.05, 4.69) is 16.0 Å². The Morgan fingerprint density at radius 1 is 1.42 bits per heavy atom. The second-order valence-corrected chi connectivity index (χ2v) is 4.73. The molecule has 3 N–H and O–H groups in total. The van der Waals surface area contributed by atoms with E-state index in [1.54, 1.807) is 4.90 Å². The molecule has 0 aromatic rings. The van der Waals surface area contributed by atoms with Crippen LogP contribution in [0.3, 0.4) is 0 Å². The number of likely N-dealkylation sites (N-methyl/N-ethyl adjacent to an activating group) is 1. The van der Waals surface area contributed by atoms with Crippen LogP contribution in [0.25, 0.3) is 0 Å². The highest BCUT2D eigenvalue weighted by atomic mass is 16.5. The minimum Gasteiger partial charge on any atom is -0.377 e. The molecule has 2 rings (SSSR count).